The van der Waals surface area contributed by atoms with Gasteiger partial charge in [0.1, 0.15) is 0 Å². The highest BCUT2D eigenvalue weighted by atomic mass is 32.2. The van der Waals surface area contributed by atoms with Gasteiger partial charge in [0.15, 0.2) is 5.78 Å². The molecule has 23 heavy (non-hydrogen) atoms. The van der Waals surface area contributed by atoms with E-state index < -0.39 is 9.84 Å². The first-order chi connectivity index (χ1) is 10.8. The van der Waals surface area contributed by atoms with Crippen molar-refractivity contribution in [1.82, 2.24) is 0 Å². The summed E-state index contributed by atoms with van der Waals surface area (Å²) in [5.41, 5.74) is 6.11. The fraction of sp³-hybridized carbons (Fsp3) is 0.125. The molecule has 0 bridgehead atoms. The quantitative estimate of drug-likeness (QED) is 0.809. The second-order valence-electron chi connectivity index (χ2n) is 4.86. The summed E-state index contributed by atoms with van der Waals surface area (Å²) in [6, 6.07) is 11.5. The first-order valence-electron chi connectivity index (χ1n) is 6.80. The van der Waals surface area contributed by atoms with Crippen molar-refractivity contribution in [3.8, 4) is 0 Å². The molecule has 0 radical (unpaired) electrons. The van der Waals surface area contributed by atoms with Crippen LogP contribution in [0.1, 0.15) is 17.3 Å². The number of anilines is 1. The highest BCUT2D eigenvalue weighted by molar-refractivity contribution is 7.91. The van der Waals surface area contributed by atoms with Crippen LogP contribution in [-0.2, 0) is 14.6 Å². The molecule has 0 aliphatic rings. The molecular formula is C16H16N2O4S. The van der Waals surface area contributed by atoms with E-state index in [1.54, 1.807) is 0 Å². The molecule has 7 heteroatoms. The predicted molar refractivity (Wildman–Crippen MR) is 86.0 cm³/mol. The topological polar surface area (TPSA) is 106 Å². The number of hydrogen-bond acceptors (Lipinski definition) is 5. The average Bonchev–Trinajstić information content (AvgIpc) is 2.55. The van der Waals surface area contributed by atoms with Gasteiger partial charge in [-0.3, -0.25) is 9.59 Å². The zero-order valence-electron chi connectivity index (χ0n) is 12.4. The molecule has 0 saturated carbocycles. The van der Waals surface area contributed by atoms with Crippen molar-refractivity contribution in [2.75, 3.05) is 11.9 Å². The molecule has 120 valence electrons. The van der Waals surface area contributed by atoms with E-state index in [-0.39, 0.29) is 28.0 Å². The molecule has 2 aromatic rings. The fourth-order valence-corrected chi connectivity index (χ4v) is 3.20. The standard InChI is InChI=1S/C16H16N2O4S/c1-11(19)12-2-6-14(7-3-12)23(21,22)15-8-4-13(5-9-15)18-16(20)10-17/h2-9H,10,17H2,1H3,(H,18,20). The van der Waals surface area contributed by atoms with Gasteiger partial charge in [-0.15, -0.1) is 0 Å². The second-order valence-corrected chi connectivity index (χ2v) is 6.81. The lowest BCUT2D eigenvalue weighted by atomic mass is 10.2. The molecule has 0 aromatic heterocycles. The van der Waals surface area contributed by atoms with Gasteiger partial charge in [0.25, 0.3) is 0 Å². The van der Waals surface area contributed by atoms with Crippen molar-refractivity contribution in [3.05, 3.63) is 54.1 Å². The van der Waals surface area contributed by atoms with Crippen LogP contribution in [-0.4, -0.2) is 26.7 Å². The minimum Gasteiger partial charge on any atom is -0.325 e. The Morgan fingerprint density at radius 1 is 0.957 bits per heavy atom. The van der Waals surface area contributed by atoms with E-state index in [0.29, 0.717) is 11.3 Å². The Balaban J connectivity index is 2.28. The number of Topliss-reactive ketones (excluding diaryl/α,β-unsaturated/α-hetero) is 1. The second kappa shape index (κ2) is 6.72. The number of rotatable bonds is 5. The van der Waals surface area contributed by atoms with E-state index in [0.717, 1.165) is 0 Å². The van der Waals surface area contributed by atoms with Gasteiger partial charge in [0.05, 0.1) is 16.3 Å². The molecule has 6 nitrogen and oxygen atoms in total. The number of sulfone groups is 1. The van der Waals surface area contributed by atoms with Crippen molar-refractivity contribution >= 4 is 27.2 Å². The van der Waals surface area contributed by atoms with Gasteiger partial charge in [0, 0.05) is 11.3 Å². The smallest absolute Gasteiger partial charge is 0.238 e. The molecule has 0 fully saturated rings. The number of nitrogens with two attached hydrogens (primary N) is 1. The maximum atomic E-state index is 12.5. The number of benzene rings is 2. The van der Waals surface area contributed by atoms with Crippen LogP contribution in [0, 0.1) is 0 Å². The predicted octanol–water partition coefficient (Wildman–Crippen LogP) is 1.62. The van der Waals surface area contributed by atoms with Crippen molar-refractivity contribution in [2.45, 2.75) is 16.7 Å². The molecule has 0 aliphatic carbocycles. The highest BCUT2D eigenvalue weighted by Crippen LogP contribution is 2.22. The lowest BCUT2D eigenvalue weighted by Gasteiger charge is -2.07. The molecule has 0 atom stereocenters. The molecule has 3 N–H and O–H groups in total. The maximum absolute atomic E-state index is 12.5. The third kappa shape index (κ3) is 3.82. The molecule has 0 spiro atoms. The zero-order chi connectivity index (χ0) is 17.0. The fourth-order valence-electron chi connectivity index (χ4n) is 1.93. The normalized spacial score (nSPS) is 11.0. The Bertz CT molecular complexity index is 825. The van der Waals surface area contributed by atoms with E-state index in [1.807, 2.05) is 0 Å². The number of ketones is 1. The van der Waals surface area contributed by atoms with Gasteiger partial charge >= 0.3 is 0 Å². The van der Waals surface area contributed by atoms with Gasteiger partial charge in [0.2, 0.25) is 15.7 Å². The lowest BCUT2D eigenvalue weighted by Crippen LogP contribution is -2.21. The molecule has 0 heterocycles. The van der Waals surface area contributed by atoms with Crippen molar-refractivity contribution in [2.24, 2.45) is 5.73 Å². The van der Waals surface area contributed by atoms with E-state index in [4.69, 9.17) is 5.73 Å². The van der Waals surface area contributed by atoms with E-state index in [9.17, 15) is 18.0 Å². The van der Waals surface area contributed by atoms with Gasteiger partial charge < -0.3 is 11.1 Å². The lowest BCUT2D eigenvalue weighted by molar-refractivity contribution is -0.114. The van der Waals surface area contributed by atoms with Crippen LogP contribution in [0.3, 0.4) is 0 Å². The number of amides is 1. The van der Waals surface area contributed by atoms with Crippen LogP contribution in [0.2, 0.25) is 0 Å². The molecule has 1 amide bonds. The van der Waals surface area contributed by atoms with E-state index in [1.165, 1.54) is 55.5 Å². The van der Waals surface area contributed by atoms with Gasteiger partial charge in [-0.25, -0.2) is 8.42 Å². The van der Waals surface area contributed by atoms with Crippen LogP contribution in [0.15, 0.2) is 58.3 Å². The monoisotopic (exact) mass is 332 g/mol. The summed E-state index contributed by atoms with van der Waals surface area (Å²) in [6.45, 7) is 1.26. The van der Waals surface area contributed by atoms with E-state index >= 15 is 0 Å². The SMILES string of the molecule is CC(=O)c1ccc(S(=O)(=O)c2ccc(NC(=O)CN)cc2)cc1. The number of carbonyl (C=O) groups is 2. The number of hydrogen-bond donors (Lipinski definition) is 2. The summed E-state index contributed by atoms with van der Waals surface area (Å²) in [5, 5.41) is 2.53. The molecule has 2 aromatic carbocycles. The van der Waals surface area contributed by atoms with Crippen LogP contribution in [0.4, 0.5) is 5.69 Å². The van der Waals surface area contributed by atoms with Gasteiger partial charge in [-0.1, -0.05) is 12.1 Å². The Kier molecular flexibility index (Phi) is 4.92. The number of nitrogens with one attached hydrogen (secondary N) is 1. The van der Waals surface area contributed by atoms with Crippen LogP contribution in [0.5, 0.6) is 0 Å². The third-order valence-electron chi connectivity index (χ3n) is 3.20. The van der Waals surface area contributed by atoms with Crippen LogP contribution >= 0.6 is 0 Å². The van der Waals surface area contributed by atoms with E-state index in [2.05, 4.69) is 5.32 Å². The minimum absolute atomic E-state index is 0.0961. The first kappa shape index (κ1) is 16.9. The minimum atomic E-state index is -3.68. The number of carbonyl (C=O) groups excluding carboxylic acids is 2. The largest absolute Gasteiger partial charge is 0.325 e. The molecule has 0 unspecified atom stereocenters. The van der Waals surface area contributed by atoms with Crippen molar-refractivity contribution < 1.29 is 18.0 Å². The maximum Gasteiger partial charge on any atom is 0.238 e. The summed E-state index contributed by atoms with van der Waals surface area (Å²) >= 11 is 0. The molecule has 2 rings (SSSR count). The summed E-state index contributed by atoms with van der Waals surface area (Å²) in [4.78, 5) is 22.6. The molecule has 0 saturated heterocycles. The van der Waals surface area contributed by atoms with Crippen LogP contribution in [0.25, 0.3) is 0 Å². The first-order valence-corrected chi connectivity index (χ1v) is 8.29. The summed E-state index contributed by atoms with van der Waals surface area (Å²) < 4.78 is 25.0. The van der Waals surface area contributed by atoms with Crippen LogP contribution < -0.4 is 11.1 Å². The molecular weight excluding hydrogens is 316 g/mol. The van der Waals surface area contributed by atoms with Crippen molar-refractivity contribution in [1.29, 1.82) is 0 Å². The zero-order valence-corrected chi connectivity index (χ0v) is 13.3. The summed E-state index contributed by atoms with van der Waals surface area (Å²) in [7, 11) is -3.68. The summed E-state index contributed by atoms with van der Waals surface area (Å²) in [6.07, 6.45) is 0. The Morgan fingerprint density at radius 2 is 1.43 bits per heavy atom. The average molecular weight is 332 g/mol. The third-order valence-corrected chi connectivity index (χ3v) is 4.99. The molecule has 0 aliphatic heterocycles. The van der Waals surface area contributed by atoms with Gasteiger partial charge in [-0.2, -0.15) is 0 Å². The van der Waals surface area contributed by atoms with Crippen molar-refractivity contribution in [3.63, 3.8) is 0 Å². The van der Waals surface area contributed by atoms with Gasteiger partial charge in [-0.05, 0) is 43.3 Å². The highest BCUT2D eigenvalue weighted by Gasteiger charge is 2.17. The Hall–Kier alpha value is -2.51. The Morgan fingerprint density at radius 3 is 1.87 bits per heavy atom. The summed E-state index contributed by atoms with van der Waals surface area (Å²) in [5.74, 6) is -0.491. The Labute approximate surface area is 134 Å².